The Labute approximate surface area is 95.3 Å². The van der Waals surface area contributed by atoms with Crippen LogP contribution in [0.25, 0.3) is 0 Å². The summed E-state index contributed by atoms with van der Waals surface area (Å²) in [6.07, 6.45) is 0.924. The van der Waals surface area contributed by atoms with Crippen molar-refractivity contribution in [1.29, 1.82) is 0 Å². The van der Waals surface area contributed by atoms with Gasteiger partial charge in [0.25, 0.3) is 0 Å². The van der Waals surface area contributed by atoms with Crippen LogP contribution in [-0.2, 0) is 4.74 Å². The predicted molar refractivity (Wildman–Crippen MR) is 59.0 cm³/mol. The van der Waals surface area contributed by atoms with Crippen LogP contribution in [-0.4, -0.2) is 52.1 Å². The normalized spacial score (nSPS) is 26.4. The van der Waals surface area contributed by atoms with Crippen molar-refractivity contribution in [3.63, 3.8) is 0 Å². The number of ether oxygens (including phenoxy) is 1. The van der Waals surface area contributed by atoms with Crippen molar-refractivity contribution in [1.82, 2.24) is 4.90 Å². The second-order valence-corrected chi connectivity index (χ2v) is 4.90. The van der Waals surface area contributed by atoms with Gasteiger partial charge in [-0.15, -0.1) is 0 Å². The van der Waals surface area contributed by atoms with E-state index in [9.17, 15) is 15.0 Å². The molecule has 0 aromatic rings. The van der Waals surface area contributed by atoms with Crippen molar-refractivity contribution >= 4 is 6.09 Å². The number of aliphatic hydroxyl groups is 2. The molecule has 0 fully saturated rings. The van der Waals surface area contributed by atoms with Crippen LogP contribution in [0.4, 0.5) is 4.79 Å². The van der Waals surface area contributed by atoms with E-state index in [-0.39, 0.29) is 13.1 Å². The third kappa shape index (κ3) is 4.20. The first kappa shape index (κ1) is 13.0. The molecule has 1 rings (SSSR count). The van der Waals surface area contributed by atoms with E-state index in [1.54, 1.807) is 20.8 Å². The van der Waals surface area contributed by atoms with Gasteiger partial charge in [0.1, 0.15) is 5.60 Å². The van der Waals surface area contributed by atoms with Gasteiger partial charge in [0.15, 0.2) is 0 Å². The number of β-amino-alcohol motifs (C(OH)–C–C–N with tert-alkyl or cyclic N) is 2. The van der Waals surface area contributed by atoms with Crippen molar-refractivity contribution in [2.75, 3.05) is 13.1 Å². The number of carbonyl (C=O) groups is 1. The van der Waals surface area contributed by atoms with Gasteiger partial charge in [-0.05, 0) is 20.8 Å². The molecule has 1 heterocycles. The number of amides is 1. The molecule has 0 spiro atoms. The Morgan fingerprint density at radius 1 is 1.25 bits per heavy atom. The summed E-state index contributed by atoms with van der Waals surface area (Å²) in [5, 5.41) is 19.0. The summed E-state index contributed by atoms with van der Waals surface area (Å²) in [6, 6.07) is 0. The van der Waals surface area contributed by atoms with Crippen molar-refractivity contribution in [2.45, 2.75) is 38.6 Å². The molecule has 92 valence electrons. The number of hydrogen-bond donors (Lipinski definition) is 2. The van der Waals surface area contributed by atoms with Crippen LogP contribution in [0.15, 0.2) is 12.2 Å². The number of rotatable bonds is 0. The second kappa shape index (κ2) is 4.84. The Morgan fingerprint density at radius 2 is 1.69 bits per heavy atom. The first-order chi connectivity index (χ1) is 7.28. The number of nitrogens with zero attached hydrogens (tertiary/aromatic N) is 1. The van der Waals surface area contributed by atoms with Crippen molar-refractivity contribution < 1.29 is 19.7 Å². The predicted octanol–water partition coefficient (Wildman–Crippen LogP) is 0.515. The zero-order valence-electron chi connectivity index (χ0n) is 9.88. The van der Waals surface area contributed by atoms with Gasteiger partial charge >= 0.3 is 6.09 Å². The van der Waals surface area contributed by atoms with E-state index in [4.69, 9.17) is 4.74 Å². The molecule has 0 aliphatic carbocycles. The Kier molecular flexibility index (Phi) is 3.93. The smallest absolute Gasteiger partial charge is 0.410 e. The Bertz CT molecular complexity index is 268. The molecule has 16 heavy (non-hydrogen) atoms. The van der Waals surface area contributed by atoms with E-state index >= 15 is 0 Å². The zero-order chi connectivity index (χ0) is 12.3. The highest BCUT2D eigenvalue weighted by molar-refractivity contribution is 5.68. The van der Waals surface area contributed by atoms with E-state index < -0.39 is 23.9 Å². The largest absolute Gasteiger partial charge is 0.444 e. The van der Waals surface area contributed by atoms with Crippen molar-refractivity contribution in [3.05, 3.63) is 12.2 Å². The molecule has 0 aromatic heterocycles. The maximum absolute atomic E-state index is 11.7. The average Bonchev–Trinajstić information content (AvgIpc) is 2.25. The summed E-state index contributed by atoms with van der Waals surface area (Å²) in [4.78, 5) is 13.0. The minimum atomic E-state index is -0.760. The van der Waals surface area contributed by atoms with Crippen LogP contribution in [0.2, 0.25) is 0 Å². The molecule has 0 aromatic carbocycles. The fraction of sp³-hybridized carbons (Fsp3) is 0.727. The van der Waals surface area contributed by atoms with E-state index in [0.717, 1.165) is 0 Å². The van der Waals surface area contributed by atoms with E-state index in [0.29, 0.717) is 0 Å². The Morgan fingerprint density at radius 3 is 2.06 bits per heavy atom. The lowest BCUT2D eigenvalue weighted by Crippen LogP contribution is -2.42. The third-order valence-corrected chi connectivity index (χ3v) is 2.02. The van der Waals surface area contributed by atoms with Crippen molar-refractivity contribution in [2.24, 2.45) is 0 Å². The molecule has 0 saturated carbocycles. The van der Waals surface area contributed by atoms with Gasteiger partial charge in [0.05, 0.1) is 25.3 Å². The molecular weight excluding hydrogens is 210 g/mol. The quantitative estimate of drug-likeness (QED) is 0.594. The van der Waals surface area contributed by atoms with Gasteiger partial charge in [0, 0.05) is 0 Å². The summed E-state index contributed by atoms with van der Waals surface area (Å²) in [5.74, 6) is 0. The van der Waals surface area contributed by atoms with Crippen LogP contribution in [0.5, 0.6) is 0 Å². The fourth-order valence-corrected chi connectivity index (χ4v) is 1.38. The molecule has 2 N–H and O–H groups in total. The number of hydrogen-bond acceptors (Lipinski definition) is 4. The maximum Gasteiger partial charge on any atom is 0.410 e. The van der Waals surface area contributed by atoms with Gasteiger partial charge in [0.2, 0.25) is 0 Å². The van der Waals surface area contributed by atoms with Gasteiger partial charge in [-0.25, -0.2) is 4.79 Å². The highest BCUT2D eigenvalue weighted by atomic mass is 16.6. The first-order valence-electron chi connectivity index (χ1n) is 5.30. The number of aliphatic hydroxyl groups excluding tert-OH is 2. The summed E-state index contributed by atoms with van der Waals surface area (Å²) in [6.45, 7) is 5.60. The number of carbonyl (C=O) groups excluding carboxylic acids is 1. The molecular formula is C11H19NO4. The fourth-order valence-electron chi connectivity index (χ4n) is 1.38. The lowest BCUT2D eigenvalue weighted by atomic mass is 10.2. The zero-order valence-corrected chi connectivity index (χ0v) is 9.88. The summed E-state index contributed by atoms with van der Waals surface area (Å²) >= 11 is 0. The monoisotopic (exact) mass is 229 g/mol. The minimum absolute atomic E-state index is 0.141. The molecule has 1 aliphatic rings. The lowest BCUT2D eigenvalue weighted by molar-refractivity contribution is 0.0127. The summed E-state index contributed by atoms with van der Waals surface area (Å²) in [5.41, 5.74) is -0.577. The Balaban J connectivity index is 2.62. The second-order valence-electron chi connectivity index (χ2n) is 4.90. The molecule has 5 nitrogen and oxygen atoms in total. The van der Waals surface area contributed by atoms with Gasteiger partial charge in [-0.2, -0.15) is 0 Å². The van der Waals surface area contributed by atoms with Crippen LogP contribution < -0.4 is 0 Å². The van der Waals surface area contributed by atoms with Gasteiger partial charge < -0.3 is 19.8 Å². The lowest BCUT2D eigenvalue weighted by Gasteiger charge is -2.27. The van der Waals surface area contributed by atoms with Crippen LogP contribution in [0.1, 0.15) is 20.8 Å². The highest BCUT2D eigenvalue weighted by Gasteiger charge is 2.26. The summed E-state index contributed by atoms with van der Waals surface area (Å²) < 4.78 is 5.17. The molecule has 2 atom stereocenters. The van der Waals surface area contributed by atoms with E-state index in [1.165, 1.54) is 17.1 Å². The highest BCUT2D eigenvalue weighted by Crippen LogP contribution is 2.12. The maximum atomic E-state index is 11.7. The Hall–Kier alpha value is -1.07. The summed E-state index contributed by atoms with van der Waals surface area (Å²) in [7, 11) is 0. The topological polar surface area (TPSA) is 70.0 Å². The van der Waals surface area contributed by atoms with Gasteiger partial charge in [-0.1, -0.05) is 12.2 Å². The SMILES string of the molecule is CC(C)(C)OC(=O)N1C[C@H](O)C=C[C@@H](O)C1. The van der Waals surface area contributed by atoms with Crippen LogP contribution in [0, 0.1) is 0 Å². The molecule has 0 saturated heterocycles. The van der Waals surface area contributed by atoms with E-state index in [2.05, 4.69) is 0 Å². The standard InChI is InChI=1S/C11H19NO4/c1-11(2,3)16-10(15)12-6-8(13)4-5-9(14)7-12/h4-5,8-9,13-14H,6-7H2,1-3H3/t8-,9-/m1/s1. The third-order valence-electron chi connectivity index (χ3n) is 2.02. The molecule has 5 heteroatoms. The molecule has 1 aliphatic heterocycles. The van der Waals surface area contributed by atoms with E-state index in [1.807, 2.05) is 0 Å². The average molecular weight is 229 g/mol. The van der Waals surface area contributed by atoms with Crippen LogP contribution in [0.3, 0.4) is 0 Å². The molecule has 0 bridgehead atoms. The molecule has 1 amide bonds. The molecule has 0 radical (unpaired) electrons. The van der Waals surface area contributed by atoms with Crippen LogP contribution >= 0.6 is 0 Å². The first-order valence-corrected chi connectivity index (χ1v) is 5.30. The molecule has 0 unspecified atom stereocenters. The van der Waals surface area contributed by atoms with Crippen molar-refractivity contribution in [3.8, 4) is 0 Å². The van der Waals surface area contributed by atoms with Gasteiger partial charge in [-0.3, -0.25) is 0 Å². The minimum Gasteiger partial charge on any atom is -0.444 e.